The maximum absolute atomic E-state index is 13.4. The Morgan fingerprint density at radius 2 is 1.94 bits per heavy atom. The van der Waals surface area contributed by atoms with Gasteiger partial charge in [-0.3, -0.25) is 14.2 Å². The average molecular weight is 466 g/mol. The van der Waals surface area contributed by atoms with Crippen LogP contribution in [0, 0.1) is 11.3 Å². The fourth-order valence-corrected chi connectivity index (χ4v) is 3.88. The first-order valence-corrected chi connectivity index (χ1v) is 10.9. The standard InChI is InChI=1S/C22H31N5O4.ClH/c1-22(2,3)12-26-19-15(7-4-13-8-10-31-11-9-13)17(23)25-27(19)21(30)16(20(26)29)18(28)24-14-5-6-14;/h4,7,13-14,30H,5-6,8-12H2,1-3H3,(H2,23,25)(H,24,28);1H/b7-4+;. The molecule has 1 saturated heterocycles. The molecule has 2 fully saturated rings. The molecule has 10 heteroatoms. The Bertz CT molecular complexity index is 1090. The predicted octanol–water partition coefficient (Wildman–Crippen LogP) is 2.58. The van der Waals surface area contributed by atoms with Crippen LogP contribution in [0.5, 0.6) is 5.88 Å². The van der Waals surface area contributed by atoms with E-state index in [1.165, 1.54) is 9.08 Å². The van der Waals surface area contributed by atoms with Gasteiger partial charge in [0.05, 0.1) is 5.56 Å². The molecule has 3 heterocycles. The van der Waals surface area contributed by atoms with Gasteiger partial charge in [-0.15, -0.1) is 17.5 Å². The Balaban J connectivity index is 0.00000289. The van der Waals surface area contributed by atoms with Crippen molar-refractivity contribution < 1.29 is 14.6 Å². The van der Waals surface area contributed by atoms with Crippen LogP contribution in [0.2, 0.25) is 0 Å². The van der Waals surface area contributed by atoms with Crippen molar-refractivity contribution in [3.63, 3.8) is 0 Å². The molecule has 4 N–H and O–H groups in total. The smallest absolute Gasteiger partial charge is 0.270 e. The molecule has 2 aromatic heterocycles. The van der Waals surface area contributed by atoms with Gasteiger partial charge in [0, 0.05) is 25.8 Å². The van der Waals surface area contributed by atoms with Crippen LogP contribution in [0.1, 0.15) is 62.4 Å². The summed E-state index contributed by atoms with van der Waals surface area (Å²) in [5, 5.41) is 17.9. The van der Waals surface area contributed by atoms with Crippen molar-refractivity contribution in [2.45, 2.75) is 59.0 Å². The van der Waals surface area contributed by atoms with Crippen molar-refractivity contribution in [2.75, 3.05) is 18.9 Å². The van der Waals surface area contributed by atoms with Gasteiger partial charge < -0.3 is 20.9 Å². The number of anilines is 1. The number of fused-ring (bicyclic) bond motifs is 1. The molecule has 32 heavy (non-hydrogen) atoms. The SMILES string of the molecule is CC(C)(C)Cn1c(=O)c(C(=O)NC2CC2)c(O)n2nc(N)c(/C=C/C3CCOCC3)c12.Cl. The highest BCUT2D eigenvalue weighted by molar-refractivity contribution is 5.97. The minimum absolute atomic E-state index is 0. The van der Waals surface area contributed by atoms with Crippen molar-refractivity contribution in [2.24, 2.45) is 11.3 Å². The molecule has 4 rings (SSSR count). The molecule has 1 aliphatic heterocycles. The zero-order valence-electron chi connectivity index (χ0n) is 18.8. The van der Waals surface area contributed by atoms with Gasteiger partial charge in [0.1, 0.15) is 0 Å². The number of nitrogens with zero attached hydrogens (tertiary/aromatic N) is 3. The Kier molecular flexibility index (Phi) is 6.90. The van der Waals surface area contributed by atoms with E-state index >= 15 is 0 Å². The predicted molar refractivity (Wildman–Crippen MR) is 125 cm³/mol. The molecule has 0 atom stereocenters. The molecule has 2 aliphatic rings. The summed E-state index contributed by atoms with van der Waals surface area (Å²) in [5.74, 6) is -0.521. The van der Waals surface area contributed by atoms with Gasteiger partial charge >= 0.3 is 0 Å². The number of carbonyl (C=O) groups excluding carboxylic acids is 1. The summed E-state index contributed by atoms with van der Waals surface area (Å²) >= 11 is 0. The zero-order chi connectivity index (χ0) is 22.3. The van der Waals surface area contributed by atoms with E-state index in [1.54, 1.807) is 0 Å². The van der Waals surface area contributed by atoms with E-state index in [0.29, 0.717) is 36.9 Å². The van der Waals surface area contributed by atoms with E-state index < -0.39 is 17.3 Å². The highest BCUT2D eigenvalue weighted by atomic mass is 35.5. The number of allylic oxidation sites excluding steroid dienone is 1. The van der Waals surface area contributed by atoms with Gasteiger partial charge in [-0.1, -0.05) is 32.9 Å². The molecule has 0 bridgehead atoms. The van der Waals surface area contributed by atoms with Crippen molar-refractivity contribution in [1.29, 1.82) is 0 Å². The molecule has 0 unspecified atom stereocenters. The van der Waals surface area contributed by atoms with Crippen LogP contribution in [0.15, 0.2) is 10.9 Å². The number of halogens is 1. The first-order chi connectivity index (χ1) is 14.7. The van der Waals surface area contributed by atoms with Crippen LogP contribution in [-0.4, -0.2) is 44.5 Å². The zero-order valence-corrected chi connectivity index (χ0v) is 19.6. The van der Waals surface area contributed by atoms with Crippen LogP contribution in [-0.2, 0) is 11.3 Å². The number of ether oxygens (including phenoxy) is 1. The Labute approximate surface area is 193 Å². The second-order valence-electron chi connectivity index (χ2n) is 9.74. The number of hydrogen-bond acceptors (Lipinski definition) is 6. The molecule has 9 nitrogen and oxygen atoms in total. The highest BCUT2D eigenvalue weighted by Gasteiger charge is 2.31. The summed E-state index contributed by atoms with van der Waals surface area (Å²) in [5.41, 5.74) is 6.06. The molecule has 0 spiro atoms. The molecule has 2 aromatic rings. The van der Waals surface area contributed by atoms with Crippen LogP contribution in [0.4, 0.5) is 5.82 Å². The van der Waals surface area contributed by atoms with Crippen molar-refractivity contribution in [3.05, 3.63) is 27.6 Å². The lowest BCUT2D eigenvalue weighted by Crippen LogP contribution is -2.37. The third-order valence-corrected chi connectivity index (χ3v) is 5.64. The third-order valence-electron chi connectivity index (χ3n) is 5.64. The van der Waals surface area contributed by atoms with Gasteiger partial charge in [-0.25, -0.2) is 0 Å². The number of nitrogen functional groups attached to an aromatic ring is 1. The maximum atomic E-state index is 13.4. The molecular formula is C22H32ClN5O4. The van der Waals surface area contributed by atoms with E-state index in [4.69, 9.17) is 10.5 Å². The Morgan fingerprint density at radius 3 is 2.53 bits per heavy atom. The fourth-order valence-electron chi connectivity index (χ4n) is 3.88. The molecule has 1 amide bonds. The van der Waals surface area contributed by atoms with E-state index in [2.05, 4.69) is 16.5 Å². The van der Waals surface area contributed by atoms with Crippen LogP contribution in [0.3, 0.4) is 0 Å². The van der Waals surface area contributed by atoms with Crippen LogP contribution >= 0.6 is 12.4 Å². The maximum Gasteiger partial charge on any atom is 0.270 e. The number of nitrogens with two attached hydrogens (primary N) is 1. The van der Waals surface area contributed by atoms with Gasteiger partial charge in [-0.2, -0.15) is 4.52 Å². The summed E-state index contributed by atoms with van der Waals surface area (Å²) in [4.78, 5) is 26.2. The Morgan fingerprint density at radius 1 is 1.28 bits per heavy atom. The lowest BCUT2D eigenvalue weighted by Gasteiger charge is -2.22. The number of carbonyl (C=O) groups is 1. The number of nitrogens with one attached hydrogen (secondary N) is 1. The molecule has 1 aliphatic carbocycles. The van der Waals surface area contributed by atoms with Crippen LogP contribution < -0.4 is 16.6 Å². The number of hydrogen-bond donors (Lipinski definition) is 3. The largest absolute Gasteiger partial charge is 0.492 e. The fraction of sp³-hybridized carbons (Fsp3) is 0.591. The van der Waals surface area contributed by atoms with E-state index in [9.17, 15) is 14.7 Å². The summed E-state index contributed by atoms with van der Waals surface area (Å²) in [7, 11) is 0. The van der Waals surface area contributed by atoms with Crippen molar-refractivity contribution in [1.82, 2.24) is 19.5 Å². The van der Waals surface area contributed by atoms with E-state index in [1.807, 2.05) is 26.8 Å². The number of rotatable bonds is 5. The number of aromatic hydroxyl groups is 1. The molecule has 176 valence electrons. The first kappa shape index (κ1) is 24.1. The van der Waals surface area contributed by atoms with Gasteiger partial charge in [0.2, 0.25) is 5.88 Å². The summed E-state index contributed by atoms with van der Waals surface area (Å²) < 4.78 is 8.14. The average Bonchev–Trinajstić information content (AvgIpc) is 3.44. The minimum atomic E-state index is -0.581. The molecule has 1 saturated carbocycles. The summed E-state index contributed by atoms with van der Waals surface area (Å²) in [6.07, 6.45) is 7.52. The summed E-state index contributed by atoms with van der Waals surface area (Å²) in [6, 6.07) is 0.0544. The first-order valence-electron chi connectivity index (χ1n) is 10.9. The number of amides is 1. The second kappa shape index (κ2) is 9.15. The van der Waals surface area contributed by atoms with Crippen molar-refractivity contribution >= 4 is 35.9 Å². The second-order valence-corrected chi connectivity index (χ2v) is 9.74. The lowest BCUT2D eigenvalue weighted by atomic mass is 9.96. The van der Waals surface area contributed by atoms with Crippen molar-refractivity contribution in [3.8, 4) is 5.88 Å². The Hall–Kier alpha value is -2.52. The topological polar surface area (TPSA) is 124 Å². The number of aromatic nitrogens is 3. The quantitative estimate of drug-likeness (QED) is 0.623. The van der Waals surface area contributed by atoms with Crippen LogP contribution in [0.25, 0.3) is 11.7 Å². The molecule has 0 radical (unpaired) electrons. The van der Waals surface area contributed by atoms with E-state index in [-0.39, 0.29) is 35.2 Å². The van der Waals surface area contributed by atoms with Gasteiger partial charge in [0.25, 0.3) is 11.5 Å². The van der Waals surface area contributed by atoms with Gasteiger partial charge in [-0.05, 0) is 37.0 Å². The summed E-state index contributed by atoms with van der Waals surface area (Å²) in [6.45, 7) is 7.78. The molecule has 0 aromatic carbocycles. The molecular weight excluding hydrogens is 434 g/mol. The normalized spacial score (nSPS) is 17.6. The highest BCUT2D eigenvalue weighted by Crippen LogP contribution is 2.29. The third kappa shape index (κ3) is 4.94. The monoisotopic (exact) mass is 465 g/mol. The minimum Gasteiger partial charge on any atom is -0.492 e. The van der Waals surface area contributed by atoms with Gasteiger partial charge in [0.15, 0.2) is 17.0 Å². The van der Waals surface area contributed by atoms with E-state index in [0.717, 1.165) is 25.7 Å². The lowest BCUT2D eigenvalue weighted by molar-refractivity contribution is 0.0787.